The largest absolute Gasteiger partial charge is 0.380 e. The smallest absolute Gasteiger partial charge is 0.240 e. The van der Waals surface area contributed by atoms with Gasteiger partial charge in [0.05, 0.1) is 0 Å². The van der Waals surface area contributed by atoms with Gasteiger partial charge in [-0.3, -0.25) is 4.79 Å². The average Bonchev–Trinajstić information content (AvgIpc) is 3.18. The molecule has 0 spiro atoms. The van der Waals surface area contributed by atoms with Gasteiger partial charge < -0.3 is 21.7 Å². The van der Waals surface area contributed by atoms with Crippen molar-refractivity contribution >= 4 is 5.91 Å². The summed E-state index contributed by atoms with van der Waals surface area (Å²) in [6.45, 7) is 25.2. The Hall–Kier alpha value is -2.63. The molecule has 1 fully saturated rings. The first-order valence-corrected chi connectivity index (χ1v) is 10.5. The van der Waals surface area contributed by atoms with Crippen molar-refractivity contribution in [1.82, 2.24) is 10.2 Å². The van der Waals surface area contributed by atoms with Gasteiger partial charge >= 0.3 is 0 Å². The maximum absolute atomic E-state index is 11.0. The number of carbonyl (C=O) groups excluding carboxylic acids is 1. The Morgan fingerprint density at radius 1 is 1.19 bits per heavy atom. The molecule has 2 unspecified atom stereocenters. The second kappa shape index (κ2) is 17.1. The molecule has 5 heteroatoms. The van der Waals surface area contributed by atoms with Crippen LogP contribution in [0.3, 0.4) is 0 Å². The van der Waals surface area contributed by atoms with Crippen molar-refractivity contribution < 1.29 is 4.79 Å². The Kier molecular flexibility index (Phi) is 18.2. The molecule has 176 valence electrons. The number of likely N-dealkylation sites (tertiary alicyclic amines) is 1. The molecule has 5 N–H and O–H groups in total. The minimum Gasteiger partial charge on any atom is -0.380 e. The highest BCUT2D eigenvalue weighted by Crippen LogP contribution is 2.29. The summed E-state index contributed by atoms with van der Waals surface area (Å²) in [5, 5.41) is 2.84. The molecule has 5 atom stereocenters. The van der Waals surface area contributed by atoms with Gasteiger partial charge in [-0.25, -0.2) is 0 Å². The van der Waals surface area contributed by atoms with Crippen molar-refractivity contribution in [2.45, 2.75) is 72.5 Å². The van der Waals surface area contributed by atoms with Crippen LogP contribution in [-0.4, -0.2) is 35.5 Å². The molecule has 1 amide bonds. The van der Waals surface area contributed by atoms with Crippen molar-refractivity contribution in [3.05, 3.63) is 37.7 Å². The van der Waals surface area contributed by atoms with Crippen molar-refractivity contribution in [1.29, 1.82) is 0 Å². The number of nitrogens with one attached hydrogen (secondary N) is 1. The van der Waals surface area contributed by atoms with Crippen molar-refractivity contribution in [3.63, 3.8) is 0 Å². The maximum Gasteiger partial charge on any atom is 0.240 e. The van der Waals surface area contributed by atoms with Gasteiger partial charge in [-0.1, -0.05) is 53.9 Å². The van der Waals surface area contributed by atoms with Crippen molar-refractivity contribution in [2.24, 2.45) is 28.7 Å². The zero-order valence-corrected chi connectivity index (χ0v) is 20.6. The molecule has 0 aromatic heterocycles. The minimum absolute atomic E-state index is 0.0723. The van der Waals surface area contributed by atoms with Crippen LogP contribution < -0.4 is 16.8 Å². The van der Waals surface area contributed by atoms with Crippen LogP contribution in [0.1, 0.15) is 54.4 Å². The van der Waals surface area contributed by atoms with Crippen LogP contribution >= 0.6 is 0 Å². The monoisotopic (exact) mass is 430 g/mol. The summed E-state index contributed by atoms with van der Waals surface area (Å²) < 4.78 is 0. The molecule has 0 aromatic rings. The zero-order chi connectivity index (χ0) is 25.4. The van der Waals surface area contributed by atoms with E-state index in [2.05, 4.69) is 83.3 Å². The molecule has 0 saturated carbocycles. The summed E-state index contributed by atoms with van der Waals surface area (Å²) in [5.41, 5.74) is 12.7. The fourth-order valence-electron chi connectivity index (χ4n) is 3.18. The van der Waals surface area contributed by atoms with Gasteiger partial charge in [-0.2, -0.15) is 0 Å². The van der Waals surface area contributed by atoms with Crippen LogP contribution in [0, 0.1) is 42.9 Å². The molecule has 0 aliphatic carbocycles. The van der Waals surface area contributed by atoms with Gasteiger partial charge in [0.1, 0.15) is 6.04 Å². The second-order valence-electron chi connectivity index (χ2n) is 8.72. The van der Waals surface area contributed by atoms with E-state index in [-0.39, 0.29) is 35.2 Å². The van der Waals surface area contributed by atoms with Gasteiger partial charge in [0.25, 0.3) is 0 Å². The Labute approximate surface area is 192 Å². The summed E-state index contributed by atoms with van der Waals surface area (Å²) >= 11 is 0. The number of hydrogen-bond acceptors (Lipinski definition) is 4. The van der Waals surface area contributed by atoms with Crippen LogP contribution in [0.5, 0.6) is 0 Å². The number of rotatable bonds is 8. The van der Waals surface area contributed by atoms with E-state index in [1.807, 2.05) is 19.9 Å². The average molecular weight is 431 g/mol. The molecule has 0 aromatic carbocycles. The number of terminal acetylenes is 2. The summed E-state index contributed by atoms with van der Waals surface area (Å²) in [5.74, 6) is -0.000880. The summed E-state index contributed by atoms with van der Waals surface area (Å²) in [6, 6.07) is 0.324. The number of carbonyl (C=O) groups is 1. The Morgan fingerprint density at radius 3 is 1.97 bits per heavy atom. The number of nitrogens with zero attached hydrogens (tertiary/aromatic N) is 1. The molecule has 0 radical (unpaired) electrons. The van der Waals surface area contributed by atoms with Crippen LogP contribution in [0.15, 0.2) is 37.7 Å². The Bertz CT molecular complexity index is 575. The summed E-state index contributed by atoms with van der Waals surface area (Å²) in [7, 11) is 0. The SMILES string of the molecule is C#C.C#C.C=C([C@@H](N)C(C)(C)C)N1CCC[C@H]1C.C=CNC(C(N)=O)[C@@H](C)C(C)C=C. The van der Waals surface area contributed by atoms with Crippen molar-refractivity contribution in [2.75, 3.05) is 6.54 Å². The number of amides is 1. The Balaban J connectivity index is -0.000000437. The summed E-state index contributed by atoms with van der Waals surface area (Å²) in [4.78, 5) is 13.4. The molecule has 1 heterocycles. The molecule has 5 nitrogen and oxygen atoms in total. The fourth-order valence-corrected chi connectivity index (χ4v) is 3.18. The number of allylic oxidation sites excluding steroid dienone is 1. The normalized spacial score (nSPS) is 18.5. The van der Waals surface area contributed by atoms with Gasteiger partial charge in [0, 0.05) is 24.3 Å². The predicted octanol–water partition coefficient (Wildman–Crippen LogP) is 3.89. The third-order valence-corrected chi connectivity index (χ3v) is 5.54. The molecular weight excluding hydrogens is 384 g/mol. The van der Waals surface area contributed by atoms with Gasteiger partial charge in [-0.05, 0) is 43.2 Å². The molecular formula is C26H46N4O. The lowest BCUT2D eigenvalue weighted by Gasteiger charge is -2.36. The van der Waals surface area contributed by atoms with E-state index < -0.39 is 0 Å². The van der Waals surface area contributed by atoms with E-state index >= 15 is 0 Å². The van der Waals surface area contributed by atoms with E-state index in [1.54, 1.807) is 0 Å². The van der Waals surface area contributed by atoms with Crippen molar-refractivity contribution in [3.8, 4) is 25.7 Å². The van der Waals surface area contributed by atoms with E-state index in [9.17, 15) is 4.79 Å². The lowest BCUT2D eigenvalue weighted by molar-refractivity contribution is -0.121. The van der Waals surface area contributed by atoms with E-state index in [1.165, 1.54) is 19.0 Å². The van der Waals surface area contributed by atoms with E-state index in [4.69, 9.17) is 11.5 Å². The van der Waals surface area contributed by atoms with E-state index in [0.29, 0.717) is 6.04 Å². The fraction of sp³-hybridized carbons (Fsp3) is 0.577. The highest BCUT2D eigenvalue weighted by Gasteiger charge is 2.30. The maximum atomic E-state index is 11.0. The second-order valence-corrected chi connectivity index (χ2v) is 8.72. The lowest BCUT2D eigenvalue weighted by Crippen LogP contribution is -2.45. The highest BCUT2D eigenvalue weighted by atomic mass is 16.1. The standard InChI is InChI=1S/C12H24N2.C10H18N2O.2C2H2/c1-9-7-6-8-14(9)10(2)11(13)12(3,4)5;1-5-7(3)8(4)9(10(11)13)12-6-2;2*1-2/h9,11H,2,6-8,13H2,1,3-5H3;5-9,12H,1-2H2,3-4H3,(H2,11,13);2*1-2H/t9-,11-;7?,8-,9?;;/m10../s1. The summed E-state index contributed by atoms with van der Waals surface area (Å²) in [6.07, 6.45) is 21.8. The third kappa shape index (κ3) is 12.0. The Morgan fingerprint density at radius 2 is 1.68 bits per heavy atom. The van der Waals surface area contributed by atoms with Gasteiger partial charge in [-0.15, -0.1) is 32.3 Å². The predicted molar refractivity (Wildman–Crippen MR) is 137 cm³/mol. The topological polar surface area (TPSA) is 84.4 Å². The molecule has 1 aliphatic heterocycles. The molecule has 31 heavy (non-hydrogen) atoms. The number of nitrogens with two attached hydrogens (primary N) is 2. The van der Waals surface area contributed by atoms with Crippen LogP contribution in [0.25, 0.3) is 0 Å². The van der Waals surface area contributed by atoms with Crippen LogP contribution in [0.4, 0.5) is 0 Å². The first-order valence-electron chi connectivity index (χ1n) is 10.5. The zero-order valence-electron chi connectivity index (χ0n) is 20.6. The van der Waals surface area contributed by atoms with E-state index in [0.717, 1.165) is 12.2 Å². The third-order valence-electron chi connectivity index (χ3n) is 5.54. The molecule has 1 saturated heterocycles. The lowest BCUT2D eigenvalue weighted by atomic mass is 9.85. The first kappa shape index (κ1) is 33.0. The molecule has 1 aliphatic rings. The van der Waals surface area contributed by atoms with Crippen LogP contribution in [-0.2, 0) is 4.79 Å². The minimum atomic E-state index is -0.370. The number of hydrogen-bond donors (Lipinski definition) is 3. The number of primary amides is 1. The molecule has 1 rings (SSSR count). The quantitative estimate of drug-likeness (QED) is 0.403. The van der Waals surface area contributed by atoms with Crippen LogP contribution in [0.2, 0.25) is 0 Å². The molecule has 0 bridgehead atoms. The van der Waals surface area contributed by atoms with Gasteiger partial charge in [0.15, 0.2) is 0 Å². The van der Waals surface area contributed by atoms with Gasteiger partial charge in [0.2, 0.25) is 5.91 Å². The highest BCUT2D eigenvalue weighted by molar-refractivity contribution is 5.80. The first-order chi connectivity index (χ1) is 14.4.